The number of hydrogen-bond donors (Lipinski definition) is 0. The molecule has 0 atom stereocenters. The van der Waals surface area contributed by atoms with Crippen molar-refractivity contribution in [2.45, 2.75) is 6.92 Å². The minimum atomic E-state index is -0.483. The van der Waals surface area contributed by atoms with Gasteiger partial charge in [-0.1, -0.05) is 12.1 Å². The third-order valence-electron chi connectivity index (χ3n) is 3.51. The lowest BCUT2D eigenvalue weighted by molar-refractivity contribution is 0.0989. The average molecular weight is 317 g/mol. The molecule has 2 rings (SSSR count). The molecule has 0 aliphatic heterocycles. The summed E-state index contributed by atoms with van der Waals surface area (Å²) in [5.74, 6) is -0.184. The van der Waals surface area contributed by atoms with Gasteiger partial charge in [-0.15, -0.1) is 0 Å². The summed E-state index contributed by atoms with van der Waals surface area (Å²) in [6.45, 7) is 2.60. The van der Waals surface area contributed by atoms with E-state index in [9.17, 15) is 9.18 Å². The number of halogens is 1. The van der Waals surface area contributed by atoms with Gasteiger partial charge in [0.1, 0.15) is 18.2 Å². The average Bonchev–Trinajstić information content (AvgIpc) is 2.57. The molecule has 1 amide bonds. The molecule has 23 heavy (non-hydrogen) atoms. The van der Waals surface area contributed by atoms with Crippen molar-refractivity contribution in [1.29, 1.82) is 0 Å². The quantitative estimate of drug-likeness (QED) is 0.766. The van der Waals surface area contributed by atoms with Gasteiger partial charge in [-0.05, 0) is 42.8 Å². The maximum atomic E-state index is 14.1. The van der Waals surface area contributed by atoms with Gasteiger partial charge >= 0.3 is 0 Å². The van der Waals surface area contributed by atoms with E-state index in [2.05, 4.69) is 0 Å². The molecule has 0 aliphatic rings. The summed E-state index contributed by atoms with van der Waals surface area (Å²) in [7, 11) is 3.22. The monoisotopic (exact) mass is 317 g/mol. The minimum absolute atomic E-state index is 0.0629. The lowest BCUT2D eigenvalue weighted by atomic mass is 10.1. The molecule has 2 aromatic rings. The van der Waals surface area contributed by atoms with Gasteiger partial charge < -0.3 is 14.4 Å². The SMILES string of the molecule is COCCOc1ccc(N(C)C(=O)c2cccc(C)c2F)cc1. The highest BCUT2D eigenvalue weighted by Crippen LogP contribution is 2.21. The number of ether oxygens (including phenoxy) is 2. The van der Waals surface area contributed by atoms with Crippen molar-refractivity contribution < 1.29 is 18.7 Å². The molecule has 0 fully saturated rings. The number of nitrogens with zero attached hydrogens (tertiary/aromatic N) is 1. The number of aryl methyl sites for hydroxylation is 1. The van der Waals surface area contributed by atoms with E-state index in [0.29, 0.717) is 30.2 Å². The van der Waals surface area contributed by atoms with E-state index in [1.54, 1.807) is 57.5 Å². The second-order valence-electron chi connectivity index (χ2n) is 5.14. The number of carbonyl (C=O) groups is 1. The molecule has 0 aromatic heterocycles. The summed E-state index contributed by atoms with van der Waals surface area (Å²) in [5.41, 5.74) is 1.18. The zero-order valence-corrected chi connectivity index (χ0v) is 13.5. The summed E-state index contributed by atoms with van der Waals surface area (Å²) in [6.07, 6.45) is 0. The Morgan fingerprint density at radius 1 is 1.13 bits per heavy atom. The van der Waals surface area contributed by atoms with Crippen molar-refractivity contribution in [1.82, 2.24) is 0 Å². The van der Waals surface area contributed by atoms with E-state index in [1.165, 1.54) is 11.0 Å². The van der Waals surface area contributed by atoms with E-state index in [-0.39, 0.29) is 11.5 Å². The molecule has 0 saturated heterocycles. The first kappa shape index (κ1) is 17.0. The summed E-state index contributed by atoms with van der Waals surface area (Å²) in [5, 5.41) is 0. The zero-order valence-electron chi connectivity index (χ0n) is 13.5. The summed E-state index contributed by atoms with van der Waals surface area (Å²) < 4.78 is 24.5. The maximum absolute atomic E-state index is 14.1. The number of carbonyl (C=O) groups excluding carboxylic acids is 1. The summed E-state index contributed by atoms with van der Waals surface area (Å²) in [4.78, 5) is 13.9. The Morgan fingerprint density at radius 3 is 2.48 bits per heavy atom. The lowest BCUT2D eigenvalue weighted by Gasteiger charge is -2.18. The van der Waals surface area contributed by atoms with Crippen LogP contribution in [0.5, 0.6) is 5.75 Å². The largest absolute Gasteiger partial charge is 0.491 e. The van der Waals surface area contributed by atoms with Gasteiger partial charge in [-0.2, -0.15) is 0 Å². The summed E-state index contributed by atoms with van der Waals surface area (Å²) in [6, 6.07) is 11.8. The van der Waals surface area contributed by atoms with Gasteiger partial charge in [0.05, 0.1) is 12.2 Å². The maximum Gasteiger partial charge on any atom is 0.260 e. The van der Waals surface area contributed by atoms with Crippen molar-refractivity contribution in [2.24, 2.45) is 0 Å². The predicted molar refractivity (Wildman–Crippen MR) is 87.7 cm³/mol. The summed E-state index contributed by atoms with van der Waals surface area (Å²) >= 11 is 0. The van der Waals surface area contributed by atoms with Gasteiger partial charge in [0.2, 0.25) is 0 Å². The number of methoxy groups -OCH3 is 1. The zero-order chi connectivity index (χ0) is 16.8. The molecule has 0 unspecified atom stereocenters. The molecule has 5 heteroatoms. The van der Waals surface area contributed by atoms with Crippen LogP contribution in [0.25, 0.3) is 0 Å². The number of rotatable bonds is 6. The van der Waals surface area contributed by atoms with Crippen LogP contribution in [0.3, 0.4) is 0 Å². The molecule has 0 aliphatic carbocycles. The highest BCUT2D eigenvalue weighted by atomic mass is 19.1. The first-order valence-electron chi connectivity index (χ1n) is 7.29. The topological polar surface area (TPSA) is 38.8 Å². The number of hydrogen-bond acceptors (Lipinski definition) is 3. The van der Waals surface area contributed by atoms with Gasteiger partial charge in [0.15, 0.2) is 0 Å². The van der Waals surface area contributed by atoms with E-state index in [1.807, 2.05) is 0 Å². The number of amides is 1. The molecule has 0 spiro atoms. The van der Waals surface area contributed by atoms with E-state index in [4.69, 9.17) is 9.47 Å². The van der Waals surface area contributed by atoms with Crippen LogP contribution in [-0.4, -0.2) is 33.3 Å². The van der Waals surface area contributed by atoms with Gasteiger partial charge in [0, 0.05) is 19.8 Å². The molecule has 0 bridgehead atoms. The Balaban J connectivity index is 2.12. The highest BCUT2D eigenvalue weighted by molar-refractivity contribution is 6.06. The third kappa shape index (κ3) is 4.07. The number of anilines is 1. The fraction of sp³-hybridized carbons (Fsp3) is 0.278. The van der Waals surface area contributed by atoms with Crippen LogP contribution >= 0.6 is 0 Å². The van der Waals surface area contributed by atoms with Crippen molar-refractivity contribution in [3.8, 4) is 5.75 Å². The van der Waals surface area contributed by atoms with Crippen molar-refractivity contribution in [3.63, 3.8) is 0 Å². The fourth-order valence-corrected chi connectivity index (χ4v) is 2.12. The van der Waals surface area contributed by atoms with E-state index in [0.717, 1.165) is 0 Å². The molecule has 0 radical (unpaired) electrons. The van der Waals surface area contributed by atoms with Crippen LogP contribution in [0.1, 0.15) is 15.9 Å². The van der Waals surface area contributed by atoms with Crippen LogP contribution in [0, 0.1) is 12.7 Å². The normalized spacial score (nSPS) is 10.4. The highest BCUT2D eigenvalue weighted by Gasteiger charge is 2.18. The molecule has 2 aromatic carbocycles. The Hall–Kier alpha value is -2.40. The Kier molecular flexibility index (Phi) is 5.71. The van der Waals surface area contributed by atoms with Crippen molar-refractivity contribution >= 4 is 11.6 Å². The van der Waals surface area contributed by atoms with Crippen molar-refractivity contribution in [3.05, 3.63) is 59.4 Å². The Morgan fingerprint density at radius 2 is 1.83 bits per heavy atom. The second kappa shape index (κ2) is 7.74. The molecule has 0 heterocycles. The first-order chi connectivity index (χ1) is 11.0. The van der Waals surface area contributed by atoms with Crippen LogP contribution in [0.2, 0.25) is 0 Å². The van der Waals surface area contributed by atoms with Crippen LogP contribution in [0.15, 0.2) is 42.5 Å². The second-order valence-corrected chi connectivity index (χ2v) is 5.14. The van der Waals surface area contributed by atoms with Crippen LogP contribution in [-0.2, 0) is 4.74 Å². The van der Waals surface area contributed by atoms with E-state index >= 15 is 0 Å². The predicted octanol–water partition coefficient (Wildman–Crippen LogP) is 3.44. The minimum Gasteiger partial charge on any atom is -0.491 e. The third-order valence-corrected chi connectivity index (χ3v) is 3.51. The number of benzene rings is 2. The molecular formula is C18H20FNO3. The fourth-order valence-electron chi connectivity index (χ4n) is 2.12. The smallest absolute Gasteiger partial charge is 0.260 e. The Bertz CT molecular complexity index is 670. The molecule has 4 nitrogen and oxygen atoms in total. The standard InChI is InChI=1S/C18H20FNO3/c1-13-5-4-6-16(17(13)19)18(21)20(2)14-7-9-15(10-8-14)23-12-11-22-3/h4-10H,11-12H2,1-3H3. The van der Waals surface area contributed by atoms with Gasteiger partial charge in [-0.3, -0.25) is 4.79 Å². The van der Waals surface area contributed by atoms with Crippen LogP contribution < -0.4 is 9.64 Å². The molecule has 0 N–H and O–H groups in total. The Labute approximate surface area is 135 Å². The molecular weight excluding hydrogens is 297 g/mol. The molecule has 122 valence electrons. The van der Waals surface area contributed by atoms with Gasteiger partial charge in [-0.25, -0.2) is 4.39 Å². The van der Waals surface area contributed by atoms with E-state index < -0.39 is 5.82 Å². The first-order valence-corrected chi connectivity index (χ1v) is 7.29. The molecule has 0 saturated carbocycles. The van der Waals surface area contributed by atoms with Gasteiger partial charge in [0.25, 0.3) is 5.91 Å². The van der Waals surface area contributed by atoms with Crippen LogP contribution in [0.4, 0.5) is 10.1 Å². The van der Waals surface area contributed by atoms with Crippen molar-refractivity contribution in [2.75, 3.05) is 32.3 Å². The lowest BCUT2D eigenvalue weighted by Crippen LogP contribution is -2.27.